The smallest absolute Gasteiger partial charge is 0.282 e. The number of thiophene rings is 1. The monoisotopic (exact) mass is 467 g/mol. The normalized spacial score (nSPS) is 17.6. The van der Waals surface area contributed by atoms with E-state index in [0.29, 0.717) is 51.5 Å². The van der Waals surface area contributed by atoms with Crippen molar-refractivity contribution < 1.29 is 13.2 Å². The molecule has 1 aliphatic carbocycles. The molecule has 1 N–H and O–H groups in total. The number of carbonyl (C=O) groups excluding carboxylic acids is 1. The Morgan fingerprint density at radius 3 is 2.55 bits per heavy atom. The molecule has 3 heterocycles. The van der Waals surface area contributed by atoms with Crippen LogP contribution in [0.2, 0.25) is 0 Å². The zero-order valence-corrected chi connectivity index (χ0v) is 19.6. The predicted molar refractivity (Wildman–Crippen MR) is 121 cm³/mol. The molecule has 170 valence electrons. The summed E-state index contributed by atoms with van der Waals surface area (Å²) in [5.74, 6) is 0.491. The number of aromatic nitrogens is 2. The molecule has 2 aromatic heterocycles. The van der Waals surface area contributed by atoms with Crippen LogP contribution in [0.5, 0.6) is 0 Å². The lowest BCUT2D eigenvalue weighted by molar-refractivity contribution is -0.132. The van der Waals surface area contributed by atoms with Crippen LogP contribution in [0.1, 0.15) is 43.0 Å². The van der Waals surface area contributed by atoms with Crippen LogP contribution in [-0.2, 0) is 34.3 Å². The van der Waals surface area contributed by atoms with Crippen LogP contribution in [0, 0.1) is 0 Å². The molecule has 11 heteroatoms. The quantitative estimate of drug-likeness (QED) is 0.657. The summed E-state index contributed by atoms with van der Waals surface area (Å²) in [5, 5.41) is 0.720. The summed E-state index contributed by atoms with van der Waals surface area (Å²) in [7, 11) is -3.47. The van der Waals surface area contributed by atoms with Crippen molar-refractivity contribution in [2.75, 3.05) is 39.3 Å². The van der Waals surface area contributed by atoms with Crippen LogP contribution in [0.15, 0.2) is 4.79 Å². The third-order valence-corrected chi connectivity index (χ3v) is 9.52. The van der Waals surface area contributed by atoms with Gasteiger partial charge in [-0.25, -0.2) is 4.98 Å². The Labute approximate surface area is 186 Å². The zero-order chi connectivity index (χ0) is 22.2. The van der Waals surface area contributed by atoms with E-state index in [9.17, 15) is 18.0 Å². The molecule has 4 rings (SSSR count). The molecule has 0 spiro atoms. The van der Waals surface area contributed by atoms with Crippen LogP contribution in [-0.4, -0.2) is 77.1 Å². The maximum atomic E-state index is 12.7. The fourth-order valence-electron chi connectivity index (χ4n) is 4.43. The summed E-state index contributed by atoms with van der Waals surface area (Å²) in [4.78, 5) is 36.4. The lowest BCUT2D eigenvalue weighted by atomic mass is 10.2. The van der Waals surface area contributed by atoms with Crippen molar-refractivity contribution >= 4 is 37.7 Å². The molecular formula is C20H29N5O4S2. The van der Waals surface area contributed by atoms with E-state index in [4.69, 9.17) is 0 Å². The molecule has 0 unspecified atom stereocenters. The van der Waals surface area contributed by atoms with Gasteiger partial charge in [0.1, 0.15) is 10.7 Å². The van der Waals surface area contributed by atoms with Crippen molar-refractivity contribution in [3.05, 3.63) is 26.6 Å². The van der Waals surface area contributed by atoms with E-state index in [2.05, 4.69) is 9.97 Å². The average molecular weight is 468 g/mol. The number of hydrogen-bond donors (Lipinski definition) is 1. The van der Waals surface area contributed by atoms with Gasteiger partial charge in [0.25, 0.3) is 15.8 Å². The van der Waals surface area contributed by atoms with Gasteiger partial charge in [0.05, 0.1) is 5.39 Å². The lowest BCUT2D eigenvalue weighted by Crippen LogP contribution is -2.54. The number of H-pyrrole nitrogens is 1. The Balaban J connectivity index is 1.35. The first-order valence-corrected chi connectivity index (χ1v) is 13.1. The van der Waals surface area contributed by atoms with Gasteiger partial charge in [0, 0.05) is 57.0 Å². The molecule has 1 aliphatic heterocycles. The van der Waals surface area contributed by atoms with Gasteiger partial charge in [-0.2, -0.15) is 17.0 Å². The zero-order valence-electron chi connectivity index (χ0n) is 18.0. The van der Waals surface area contributed by atoms with Crippen molar-refractivity contribution in [2.45, 2.75) is 46.0 Å². The van der Waals surface area contributed by atoms with Gasteiger partial charge in [-0.05, 0) is 24.8 Å². The maximum Gasteiger partial charge on any atom is 0.282 e. The van der Waals surface area contributed by atoms with E-state index >= 15 is 0 Å². The van der Waals surface area contributed by atoms with Gasteiger partial charge in [-0.3, -0.25) is 9.59 Å². The van der Waals surface area contributed by atoms with E-state index in [-0.39, 0.29) is 17.9 Å². The lowest BCUT2D eigenvalue weighted by Gasteiger charge is -2.36. The number of nitrogens with one attached hydrogen (secondary N) is 1. The molecule has 31 heavy (non-hydrogen) atoms. The fourth-order valence-corrected chi connectivity index (χ4v) is 7.31. The summed E-state index contributed by atoms with van der Waals surface area (Å²) in [5.41, 5.74) is 1.04. The second kappa shape index (κ2) is 8.97. The van der Waals surface area contributed by atoms with Gasteiger partial charge < -0.3 is 9.88 Å². The van der Waals surface area contributed by atoms with Crippen LogP contribution in [0.25, 0.3) is 10.2 Å². The number of aromatic amines is 1. The first-order chi connectivity index (χ1) is 14.8. The van der Waals surface area contributed by atoms with Gasteiger partial charge in [0.15, 0.2) is 0 Å². The summed E-state index contributed by atoms with van der Waals surface area (Å²) < 4.78 is 28.2. The largest absolute Gasteiger partial charge is 0.340 e. The number of hydrogen-bond acceptors (Lipinski definition) is 6. The van der Waals surface area contributed by atoms with Crippen molar-refractivity contribution in [3.63, 3.8) is 0 Å². The minimum Gasteiger partial charge on any atom is -0.340 e. The van der Waals surface area contributed by atoms with Crippen molar-refractivity contribution in [1.82, 2.24) is 23.5 Å². The Hall–Kier alpha value is -1.82. The number of amides is 1. The molecule has 2 aromatic rings. The summed E-state index contributed by atoms with van der Waals surface area (Å²) in [6.07, 6.45) is 3.65. The molecule has 1 saturated heterocycles. The van der Waals surface area contributed by atoms with E-state index in [1.54, 1.807) is 16.2 Å². The summed E-state index contributed by atoms with van der Waals surface area (Å²) >= 11 is 1.59. The fraction of sp³-hybridized carbons (Fsp3) is 0.650. The second-order valence-corrected chi connectivity index (χ2v) is 10.9. The summed E-state index contributed by atoms with van der Waals surface area (Å²) in [6.45, 7) is 5.85. The number of aryl methyl sites for hydroxylation is 3. The summed E-state index contributed by atoms with van der Waals surface area (Å²) in [6, 6.07) is 0. The van der Waals surface area contributed by atoms with Gasteiger partial charge >= 0.3 is 0 Å². The molecule has 0 saturated carbocycles. The Bertz CT molecular complexity index is 1130. The molecule has 9 nitrogen and oxygen atoms in total. The van der Waals surface area contributed by atoms with Crippen molar-refractivity contribution in [1.29, 1.82) is 0 Å². The molecule has 1 fully saturated rings. The van der Waals surface area contributed by atoms with Crippen molar-refractivity contribution in [2.24, 2.45) is 0 Å². The Morgan fingerprint density at radius 1 is 1.16 bits per heavy atom. The van der Waals surface area contributed by atoms with Gasteiger partial charge in [0.2, 0.25) is 5.91 Å². The van der Waals surface area contributed by atoms with Crippen LogP contribution >= 0.6 is 11.3 Å². The average Bonchev–Trinajstić information content (AvgIpc) is 3.33. The Kier molecular flexibility index (Phi) is 6.47. The number of rotatable bonds is 7. The van der Waals surface area contributed by atoms with E-state index in [1.165, 1.54) is 13.5 Å². The molecule has 1 amide bonds. The van der Waals surface area contributed by atoms with E-state index in [0.717, 1.165) is 35.0 Å². The standard InChI is InChI=1S/C20H29N5O4S2/c1-3-24(4-2)31(28,29)25-12-10-23(11-13-25)17(26)9-8-16-21-19(27)18-14-6-5-7-15(14)30-20(18)22-16/h3-13H2,1-2H3,(H,21,22,27). The highest BCUT2D eigenvalue weighted by Gasteiger charge is 2.32. The molecule has 2 aliphatic rings. The van der Waals surface area contributed by atoms with E-state index in [1.807, 2.05) is 13.8 Å². The molecule has 0 aromatic carbocycles. The second-order valence-electron chi connectivity index (χ2n) is 7.92. The van der Waals surface area contributed by atoms with Crippen LogP contribution in [0.3, 0.4) is 0 Å². The number of nitrogens with zero attached hydrogens (tertiary/aromatic N) is 4. The maximum absolute atomic E-state index is 12.7. The van der Waals surface area contributed by atoms with Crippen molar-refractivity contribution in [3.8, 4) is 0 Å². The third-order valence-electron chi connectivity index (χ3n) is 6.15. The van der Waals surface area contributed by atoms with Crippen LogP contribution < -0.4 is 5.56 Å². The number of fused-ring (bicyclic) bond motifs is 3. The molecular weight excluding hydrogens is 438 g/mol. The van der Waals surface area contributed by atoms with Gasteiger partial charge in [-0.15, -0.1) is 11.3 Å². The Morgan fingerprint density at radius 2 is 1.87 bits per heavy atom. The highest BCUT2D eigenvalue weighted by Crippen LogP contribution is 2.34. The highest BCUT2D eigenvalue weighted by atomic mass is 32.2. The molecule has 0 atom stereocenters. The SMILES string of the molecule is CCN(CC)S(=O)(=O)N1CCN(C(=O)CCc2nc3sc4c(c3c(=O)[nH]2)CCC4)CC1. The molecule has 0 bridgehead atoms. The van der Waals surface area contributed by atoms with Gasteiger partial charge in [-0.1, -0.05) is 13.8 Å². The highest BCUT2D eigenvalue weighted by molar-refractivity contribution is 7.86. The first-order valence-electron chi connectivity index (χ1n) is 10.9. The number of carbonyl (C=O) groups is 1. The first kappa shape index (κ1) is 22.4. The topological polar surface area (TPSA) is 107 Å². The predicted octanol–water partition coefficient (Wildman–Crippen LogP) is 1.14. The third kappa shape index (κ3) is 4.28. The van der Waals surface area contributed by atoms with E-state index < -0.39 is 10.2 Å². The minimum atomic E-state index is -3.47. The number of piperazine rings is 1. The van der Waals surface area contributed by atoms with Crippen LogP contribution in [0.4, 0.5) is 0 Å². The molecule has 0 radical (unpaired) electrons. The minimum absolute atomic E-state index is 0.0451.